The quantitative estimate of drug-likeness (QED) is 0.442. The highest BCUT2D eigenvalue weighted by Crippen LogP contribution is 2.18. The van der Waals surface area contributed by atoms with Crippen molar-refractivity contribution in [3.8, 4) is 0 Å². The number of aromatic amines is 1. The number of halogens is 1. The molecule has 3 aromatic rings. The zero-order valence-corrected chi connectivity index (χ0v) is 12.7. The second-order valence-electron chi connectivity index (χ2n) is 5.17. The normalized spacial score (nSPS) is 11.0. The Hall–Kier alpha value is -3.21. The largest absolute Gasteiger partial charge is 0.454 e. The zero-order valence-electron chi connectivity index (χ0n) is 12.7. The molecule has 0 aliphatic heterocycles. The Balaban J connectivity index is 1.61. The molecule has 0 aliphatic carbocycles. The molecule has 2 aromatic carbocycles. The summed E-state index contributed by atoms with van der Waals surface area (Å²) in [7, 11) is 0. The van der Waals surface area contributed by atoms with Crippen LogP contribution in [0.1, 0.15) is 15.9 Å². The minimum atomic E-state index is -0.660. The van der Waals surface area contributed by atoms with E-state index in [9.17, 15) is 14.0 Å². The van der Waals surface area contributed by atoms with Crippen molar-refractivity contribution in [3.05, 3.63) is 77.7 Å². The van der Waals surface area contributed by atoms with Crippen molar-refractivity contribution in [2.45, 2.75) is 0 Å². The van der Waals surface area contributed by atoms with Gasteiger partial charge < -0.3 is 9.72 Å². The number of ketones is 1. The first kappa shape index (κ1) is 15.7. The van der Waals surface area contributed by atoms with Gasteiger partial charge in [-0.2, -0.15) is 0 Å². The van der Waals surface area contributed by atoms with E-state index in [1.807, 2.05) is 24.3 Å². The van der Waals surface area contributed by atoms with Gasteiger partial charge in [-0.3, -0.25) is 4.79 Å². The first-order valence-corrected chi connectivity index (χ1v) is 7.33. The number of hydrogen-bond acceptors (Lipinski definition) is 3. The minimum absolute atomic E-state index is 0.292. The predicted octanol–water partition coefficient (Wildman–Crippen LogP) is 3.75. The number of carbonyl (C=O) groups excluding carboxylic acids is 2. The monoisotopic (exact) mass is 323 g/mol. The molecule has 0 saturated heterocycles. The van der Waals surface area contributed by atoms with Gasteiger partial charge in [0.05, 0.1) is 0 Å². The molecule has 1 aromatic heterocycles. The molecule has 0 unspecified atom stereocenters. The van der Waals surface area contributed by atoms with Gasteiger partial charge in [0.1, 0.15) is 5.82 Å². The first-order valence-electron chi connectivity index (χ1n) is 7.33. The average molecular weight is 323 g/mol. The summed E-state index contributed by atoms with van der Waals surface area (Å²) in [6.45, 7) is -0.353. The highest BCUT2D eigenvalue weighted by atomic mass is 19.1. The molecule has 0 fully saturated rings. The fourth-order valence-corrected chi connectivity index (χ4v) is 2.34. The molecule has 3 rings (SSSR count). The van der Waals surface area contributed by atoms with E-state index < -0.39 is 5.97 Å². The maximum atomic E-state index is 13.0. The number of Topliss-reactive ketones (excluding diaryl/α,β-unsaturated/α-hetero) is 1. The molecule has 0 atom stereocenters. The van der Waals surface area contributed by atoms with Gasteiger partial charge in [0.15, 0.2) is 6.61 Å². The number of H-pyrrole nitrogens is 1. The average Bonchev–Trinajstić information content (AvgIpc) is 3.02. The summed E-state index contributed by atoms with van der Waals surface area (Å²) in [6, 6.07) is 13.2. The van der Waals surface area contributed by atoms with Crippen LogP contribution in [0.15, 0.2) is 60.8 Å². The Labute approximate surface area is 137 Å². The summed E-state index contributed by atoms with van der Waals surface area (Å²) in [4.78, 5) is 26.8. The smallest absolute Gasteiger partial charge is 0.331 e. The van der Waals surface area contributed by atoms with Crippen LogP contribution in [0.2, 0.25) is 0 Å². The molecule has 0 amide bonds. The number of carbonyl (C=O) groups is 2. The van der Waals surface area contributed by atoms with E-state index in [4.69, 9.17) is 4.74 Å². The van der Waals surface area contributed by atoms with Crippen LogP contribution in [0.5, 0.6) is 0 Å². The lowest BCUT2D eigenvalue weighted by Crippen LogP contribution is -2.12. The van der Waals surface area contributed by atoms with E-state index in [0.29, 0.717) is 11.1 Å². The van der Waals surface area contributed by atoms with Gasteiger partial charge in [-0.25, -0.2) is 9.18 Å². The maximum absolute atomic E-state index is 13.0. The highest BCUT2D eigenvalue weighted by molar-refractivity contribution is 6.09. The van der Waals surface area contributed by atoms with Gasteiger partial charge in [0, 0.05) is 28.7 Å². The summed E-state index contributed by atoms with van der Waals surface area (Å²) in [5, 5.41) is 0.786. The molecule has 0 radical (unpaired) electrons. The fraction of sp³-hybridized carbons (Fsp3) is 0.0526. The highest BCUT2D eigenvalue weighted by Gasteiger charge is 2.13. The third-order valence-electron chi connectivity index (χ3n) is 3.50. The van der Waals surface area contributed by atoms with E-state index in [1.165, 1.54) is 18.2 Å². The summed E-state index contributed by atoms with van der Waals surface area (Å²) in [5.41, 5.74) is 1.86. The van der Waals surface area contributed by atoms with E-state index in [2.05, 4.69) is 4.98 Å². The molecular formula is C19H14FNO3. The van der Waals surface area contributed by atoms with Crippen LogP contribution in [0.25, 0.3) is 17.0 Å². The number of esters is 1. The third kappa shape index (κ3) is 3.57. The maximum Gasteiger partial charge on any atom is 0.331 e. The van der Waals surface area contributed by atoms with Crippen molar-refractivity contribution in [3.63, 3.8) is 0 Å². The van der Waals surface area contributed by atoms with Crippen LogP contribution in [-0.4, -0.2) is 23.3 Å². The van der Waals surface area contributed by atoms with Gasteiger partial charge in [-0.15, -0.1) is 0 Å². The van der Waals surface area contributed by atoms with Crippen molar-refractivity contribution in [2.24, 2.45) is 0 Å². The van der Waals surface area contributed by atoms with E-state index in [0.717, 1.165) is 17.0 Å². The molecule has 24 heavy (non-hydrogen) atoms. The van der Waals surface area contributed by atoms with Crippen molar-refractivity contribution in [2.75, 3.05) is 6.61 Å². The molecule has 4 nitrogen and oxygen atoms in total. The Bertz CT molecular complexity index is 927. The van der Waals surface area contributed by atoms with E-state index >= 15 is 0 Å². The number of aromatic nitrogens is 1. The molecule has 0 aliphatic rings. The number of fused-ring (bicyclic) bond motifs is 1. The van der Waals surface area contributed by atoms with Gasteiger partial charge in [-0.1, -0.05) is 30.3 Å². The molecular weight excluding hydrogens is 309 g/mol. The number of hydrogen-bond donors (Lipinski definition) is 1. The number of benzene rings is 2. The molecule has 0 spiro atoms. The van der Waals surface area contributed by atoms with Crippen LogP contribution in [0, 0.1) is 5.82 Å². The standard InChI is InChI=1S/C19H14FNO3/c20-14-5-3-4-13(10-14)8-9-19(23)24-12-18(22)16-11-21-17-7-2-1-6-15(16)17/h1-11,21H,12H2/b9-8+. The summed E-state index contributed by atoms with van der Waals surface area (Å²) in [5.74, 6) is -1.34. The molecule has 120 valence electrons. The lowest BCUT2D eigenvalue weighted by molar-refractivity contribution is -0.136. The summed E-state index contributed by atoms with van der Waals surface area (Å²) < 4.78 is 18.0. The first-order chi connectivity index (χ1) is 11.6. The lowest BCUT2D eigenvalue weighted by Gasteiger charge is -2.01. The Kier molecular flexibility index (Phi) is 4.52. The Morgan fingerprint density at radius 3 is 2.79 bits per heavy atom. The van der Waals surface area contributed by atoms with E-state index in [-0.39, 0.29) is 18.2 Å². The van der Waals surface area contributed by atoms with Gasteiger partial charge in [0.25, 0.3) is 0 Å². The van der Waals surface area contributed by atoms with E-state index in [1.54, 1.807) is 18.3 Å². The SMILES string of the molecule is O=C(/C=C/c1cccc(F)c1)OCC(=O)c1c[nH]c2ccccc12. The second kappa shape index (κ2) is 6.91. The number of para-hydroxylation sites is 1. The Morgan fingerprint density at radius 1 is 1.12 bits per heavy atom. The molecule has 0 saturated carbocycles. The predicted molar refractivity (Wildman–Crippen MR) is 89.0 cm³/mol. The number of nitrogens with one attached hydrogen (secondary N) is 1. The van der Waals surface area contributed by atoms with Crippen LogP contribution < -0.4 is 0 Å². The van der Waals surface area contributed by atoms with Gasteiger partial charge >= 0.3 is 5.97 Å². The van der Waals surface area contributed by atoms with Crippen molar-refractivity contribution in [1.82, 2.24) is 4.98 Å². The van der Waals surface area contributed by atoms with Crippen LogP contribution in [0.3, 0.4) is 0 Å². The molecule has 5 heteroatoms. The van der Waals surface area contributed by atoms with Crippen molar-refractivity contribution in [1.29, 1.82) is 0 Å². The minimum Gasteiger partial charge on any atom is -0.454 e. The van der Waals surface area contributed by atoms with Gasteiger partial charge in [-0.05, 0) is 29.8 Å². The fourth-order valence-electron chi connectivity index (χ4n) is 2.34. The van der Waals surface area contributed by atoms with Crippen molar-refractivity contribution < 1.29 is 18.7 Å². The van der Waals surface area contributed by atoms with Crippen LogP contribution in [-0.2, 0) is 9.53 Å². The number of rotatable bonds is 5. The summed E-state index contributed by atoms with van der Waals surface area (Å²) in [6.07, 6.45) is 4.20. The topological polar surface area (TPSA) is 59.2 Å². The second-order valence-corrected chi connectivity index (χ2v) is 5.17. The van der Waals surface area contributed by atoms with Crippen LogP contribution >= 0.6 is 0 Å². The molecule has 0 bridgehead atoms. The van der Waals surface area contributed by atoms with Gasteiger partial charge in [0.2, 0.25) is 5.78 Å². The molecule has 1 N–H and O–H groups in total. The number of ether oxygens (including phenoxy) is 1. The summed E-state index contributed by atoms with van der Waals surface area (Å²) >= 11 is 0. The lowest BCUT2D eigenvalue weighted by atomic mass is 10.1. The molecule has 1 heterocycles. The zero-order chi connectivity index (χ0) is 16.9. The van der Waals surface area contributed by atoms with Crippen molar-refractivity contribution >= 4 is 28.7 Å². The van der Waals surface area contributed by atoms with Crippen LogP contribution in [0.4, 0.5) is 4.39 Å². The Morgan fingerprint density at radius 2 is 1.96 bits per heavy atom. The third-order valence-corrected chi connectivity index (χ3v) is 3.50.